The maximum absolute atomic E-state index is 15.4. The quantitative estimate of drug-likeness (QED) is 0.0787. The lowest BCUT2D eigenvalue weighted by atomic mass is 9.84. The second kappa shape index (κ2) is 9.77. The number of benzene rings is 5. The summed E-state index contributed by atoms with van der Waals surface area (Å²) in [6.07, 6.45) is -6.07. The van der Waals surface area contributed by atoms with Crippen molar-refractivity contribution >= 4 is 21.5 Å². The molecule has 0 atom stereocenters. The van der Waals surface area contributed by atoms with Crippen LogP contribution >= 0.6 is 0 Å². The van der Waals surface area contributed by atoms with Crippen molar-refractivity contribution in [3.05, 3.63) is 105 Å². The normalized spacial score (nSPS) is 12.2. The molecule has 0 fully saturated rings. The molecular weight excluding hydrogens is 628 g/mol. The van der Waals surface area contributed by atoms with Gasteiger partial charge in [0.2, 0.25) is 5.82 Å². The second-order valence-corrected chi connectivity index (χ2v) is 8.75. The fraction of sp³-hybridized carbons (Fsp3) is 0.0370. The van der Waals surface area contributed by atoms with Crippen molar-refractivity contribution in [1.82, 2.24) is 0 Å². The maximum Gasteiger partial charge on any atom is 0.422 e. The molecule has 16 heteroatoms. The van der Waals surface area contributed by atoms with E-state index in [0.717, 1.165) is 12.1 Å². The van der Waals surface area contributed by atoms with Crippen LogP contribution in [0.2, 0.25) is 0 Å². The van der Waals surface area contributed by atoms with E-state index in [1.807, 2.05) is 0 Å². The van der Waals surface area contributed by atoms with Crippen LogP contribution in [0.5, 0.6) is 0 Å². The van der Waals surface area contributed by atoms with Crippen LogP contribution < -0.4 is 0 Å². The molecular formula is C27H4F16. The number of hydrogen-bond donors (Lipinski definition) is 0. The highest BCUT2D eigenvalue weighted by atomic mass is 19.4. The van der Waals surface area contributed by atoms with Crippen LogP contribution in [0.1, 0.15) is 5.56 Å². The number of rotatable bonds is 2. The van der Waals surface area contributed by atoms with Crippen LogP contribution in [0.15, 0.2) is 24.3 Å². The van der Waals surface area contributed by atoms with Gasteiger partial charge in [-0.2, -0.15) is 13.2 Å². The molecule has 0 radical (unpaired) electrons. The second-order valence-electron chi connectivity index (χ2n) is 8.75. The van der Waals surface area contributed by atoms with Crippen molar-refractivity contribution in [3.63, 3.8) is 0 Å². The molecule has 0 spiro atoms. The van der Waals surface area contributed by atoms with Gasteiger partial charge < -0.3 is 0 Å². The van der Waals surface area contributed by atoms with E-state index in [-0.39, 0.29) is 0 Å². The van der Waals surface area contributed by atoms with Gasteiger partial charge in [0.25, 0.3) is 0 Å². The molecule has 0 unspecified atom stereocenters. The molecule has 5 aromatic rings. The van der Waals surface area contributed by atoms with Gasteiger partial charge in [0.05, 0.1) is 11.1 Å². The minimum Gasteiger partial charge on any atom is -0.203 e. The van der Waals surface area contributed by atoms with E-state index in [9.17, 15) is 52.7 Å². The fourth-order valence-corrected chi connectivity index (χ4v) is 4.73. The zero-order valence-electron chi connectivity index (χ0n) is 19.9. The third kappa shape index (κ3) is 4.01. The Morgan fingerprint density at radius 1 is 0.326 bits per heavy atom. The minimum absolute atomic E-state index is 0.574. The summed E-state index contributed by atoms with van der Waals surface area (Å²) >= 11 is 0. The smallest absolute Gasteiger partial charge is 0.203 e. The van der Waals surface area contributed by atoms with Crippen LogP contribution in [0, 0.1) is 75.6 Å². The summed E-state index contributed by atoms with van der Waals surface area (Å²) in [7, 11) is 0. The Morgan fingerprint density at radius 3 is 0.930 bits per heavy atom. The molecule has 0 bridgehead atoms. The van der Waals surface area contributed by atoms with E-state index in [1.165, 1.54) is 0 Å². The molecule has 0 aliphatic heterocycles. The fourth-order valence-electron chi connectivity index (χ4n) is 4.73. The van der Waals surface area contributed by atoms with Gasteiger partial charge in [-0.05, 0) is 10.8 Å². The minimum atomic E-state index is -6.07. The Bertz CT molecular complexity index is 1980. The van der Waals surface area contributed by atoms with Crippen LogP contribution in [0.3, 0.4) is 0 Å². The maximum atomic E-state index is 15.4. The summed E-state index contributed by atoms with van der Waals surface area (Å²) < 4.78 is 231. The Balaban J connectivity index is 2.18. The molecule has 224 valence electrons. The van der Waals surface area contributed by atoms with Gasteiger partial charge in [-0.25, -0.2) is 57.1 Å². The van der Waals surface area contributed by atoms with Crippen LogP contribution in [0.4, 0.5) is 70.2 Å². The van der Waals surface area contributed by atoms with Gasteiger partial charge in [0, 0.05) is 21.9 Å². The summed E-state index contributed by atoms with van der Waals surface area (Å²) in [5.41, 5.74) is -10.8. The van der Waals surface area contributed by atoms with E-state index >= 15 is 17.6 Å². The molecule has 0 saturated heterocycles. The Labute approximate surface area is 226 Å². The number of fused-ring (bicyclic) bond motifs is 2. The number of hydrogen-bond acceptors (Lipinski definition) is 0. The lowest BCUT2D eigenvalue weighted by Crippen LogP contribution is -2.16. The Kier molecular flexibility index (Phi) is 6.81. The molecule has 43 heavy (non-hydrogen) atoms. The molecule has 0 saturated carbocycles. The Hall–Kier alpha value is -4.50. The average molecular weight is 632 g/mol. The highest BCUT2D eigenvalue weighted by molar-refractivity contribution is 6.22. The van der Waals surface area contributed by atoms with Crippen LogP contribution in [-0.4, -0.2) is 0 Å². The standard InChI is InChI=1S/C27H4F16/c28-14-9-7(11-16(30)20(34)13(27(41,42)43)21(35)17(11)31)5-3-1-2-4-6(5)8(10(9)15(29)23(37)22(14)36)12-18(32)24(38)26(40)25(39)19(12)33/h1-4H. The monoisotopic (exact) mass is 632 g/mol. The third-order valence-corrected chi connectivity index (χ3v) is 6.49. The molecule has 5 rings (SSSR count). The summed E-state index contributed by atoms with van der Waals surface area (Å²) in [6.45, 7) is 0. The van der Waals surface area contributed by atoms with Crippen molar-refractivity contribution in [2.24, 2.45) is 0 Å². The molecule has 0 aromatic heterocycles. The van der Waals surface area contributed by atoms with Gasteiger partial charge in [-0.3, -0.25) is 0 Å². The van der Waals surface area contributed by atoms with Gasteiger partial charge in [0.15, 0.2) is 69.8 Å². The van der Waals surface area contributed by atoms with Crippen LogP contribution in [-0.2, 0) is 6.18 Å². The van der Waals surface area contributed by atoms with Gasteiger partial charge in [-0.15, -0.1) is 0 Å². The highest BCUT2D eigenvalue weighted by Gasteiger charge is 2.43. The predicted molar refractivity (Wildman–Crippen MR) is 117 cm³/mol. The first kappa shape index (κ1) is 30.0. The van der Waals surface area contributed by atoms with Crippen molar-refractivity contribution in [2.45, 2.75) is 6.18 Å². The van der Waals surface area contributed by atoms with Gasteiger partial charge in [-0.1, -0.05) is 24.3 Å². The molecule has 0 amide bonds. The SMILES string of the molecule is Fc1c(F)c(F)c(-c2c3ccccc3c(-c3c(F)c(F)c(C(F)(F)F)c(F)c3F)c3c(F)c(F)c(F)c(F)c23)c(F)c1F. The van der Waals surface area contributed by atoms with E-state index in [0.29, 0.717) is 12.1 Å². The summed E-state index contributed by atoms with van der Waals surface area (Å²) in [5.74, 6) is -36.5. The van der Waals surface area contributed by atoms with Crippen molar-refractivity contribution in [1.29, 1.82) is 0 Å². The molecule has 0 heterocycles. The Morgan fingerprint density at radius 2 is 0.605 bits per heavy atom. The van der Waals surface area contributed by atoms with Crippen molar-refractivity contribution in [3.8, 4) is 22.3 Å². The molecule has 5 aromatic carbocycles. The van der Waals surface area contributed by atoms with Crippen LogP contribution in [0.25, 0.3) is 43.8 Å². The van der Waals surface area contributed by atoms with Gasteiger partial charge in [0.1, 0.15) is 5.56 Å². The third-order valence-electron chi connectivity index (χ3n) is 6.49. The number of halogens is 16. The summed E-state index contributed by atoms with van der Waals surface area (Å²) in [4.78, 5) is 0. The largest absolute Gasteiger partial charge is 0.422 e. The molecule has 0 aliphatic carbocycles. The van der Waals surface area contributed by atoms with E-state index in [1.54, 1.807) is 0 Å². The topological polar surface area (TPSA) is 0 Å². The highest BCUT2D eigenvalue weighted by Crippen LogP contribution is 2.50. The van der Waals surface area contributed by atoms with E-state index < -0.39 is 131 Å². The lowest BCUT2D eigenvalue weighted by Gasteiger charge is -2.21. The summed E-state index contributed by atoms with van der Waals surface area (Å²) in [6, 6.07) is 2.88. The zero-order valence-corrected chi connectivity index (χ0v) is 19.9. The average Bonchev–Trinajstić information content (AvgIpc) is 2.95. The molecule has 0 aliphatic rings. The first-order chi connectivity index (χ1) is 19.9. The van der Waals surface area contributed by atoms with Crippen molar-refractivity contribution < 1.29 is 70.2 Å². The first-order valence-electron chi connectivity index (χ1n) is 11.1. The number of alkyl halides is 3. The molecule has 0 nitrogen and oxygen atoms in total. The first-order valence-corrected chi connectivity index (χ1v) is 11.1. The van der Waals surface area contributed by atoms with E-state index in [4.69, 9.17) is 0 Å². The van der Waals surface area contributed by atoms with E-state index in [2.05, 4.69) is 0 Å². The molecule has 0 N–H and O–H groups in total. The van der Waals surface area contributed by atoms with Crippen molar-refractivity contribution in [2.75, 3.05) is 0 Å². The zero-order chi connectivity index (χ0) is 32.0. The predicted octanol–water partition coefficient (Wildman–Crippen LogP) is 10.2. The summed E-state index contributed by atoms with van der Waals surface area (Å²) in [5, 5.41) is -6.13. The lowest BCUT2D eigenvalue weighted by molar-refractivity contribution is -0.143. The van der Waals surface area contributed by atoms with Gasteiger partial charge >= 0.3 is 6.18 Å².